The fraction of sp³-hybridized carbons (Fsp3) is 0.231. The van der Waals surface area contributed by atoms with E-state index in [0.717, 1.165) is 0 Å². The van der Waals surface area contributed by atoms with Crippen molar-refractivity contribution in [1.82, 2.24) is 9.78 Å². The van der Waals surface area contributed by atoms with E-state index < -0.39 is 5.97 Å². The topological polar surface area (TPSA) is 93.2 Å². The van der Waals surface area contributed by atoms with Gasteiger partial charge in [-0.1, -0.05) is 0 Å². The van der Waals surface area contributed by atoms with Gasteiger partial charge in [-0.2, -0.15) is 5.10 Å². The van der Waals surface area contributed by atoms with Crippen molar-refractivity contribution in [3.05, 3.63) is 36.0 Å². The summed E-state index contributed by atoms with van der Waals surface area (Å²) in [6.45, 7) is 4.03. The van der Waals surface area contributed by atoms with Gasteiger partial charge in [-0.25, -0.2) is 4.79 Å². The molecule has 100 valence electrons. The number of nitrogens with one attached hydrogen (secondary N) is 1. The molecular formula is C13H16N4O2. The van der Waals surface area contributed by atoms with E-state index in [2.05, 4.69) is 10.4 Å². The lowest BCUT2D eigenvalue weighted by Gasteiger charge is -2.08. The molecule has 0 aliphatic heterocycles. The minimum Gasteiger partial charge on any atom is -0.478 e. The van der Waals surface area contributed by atoms with Crippen molar-refractivity contribution in [2.24, 2.45) is 0 Å². The number of hydrogen-bond acceptors (Lipinski definition) is 4. The summed E-state index contributed by atoms with van der Waals surface area (Å²) >= 11 is 0. The van der Waals surface area contributed by atoms with E-state index in [0.29, 0.717) is 17.2 Å². The zero-order valence-corrected chi connectivity index (χ0v) is 10.8. The minimum absolute atomic E-state index is 0.124. The highest BCUT2D eigenvalue weighted by Gasteiger charge is 2.11. The predicted octanol–water partition coefficient (Wildman–Crippen LogP) is 2.49. The smallest absolute Gasteiger partial charge is 0.337 e. The molecule has 0 bridgehead atoms. The Bertz CT molecular complexity index is 604. The molecule has 0 aliphatic rings. The molecule has 4 N–H and O–H groups in total. The number of benzene rings is 1. The highest BCUT2D eigenvalue weighted by Crippen LogP contribution is 2.22. The monoisotopic (exact) mass is 260 g/mol. The van der Waals surface area contributed by atoms with Crippen molar-refractivity contribution in [2.45, 2.75) is 19.9 Å². The highest BCUT2D eigenvalue weighted by molar-refractivity contribution is 5.96. The van der Waals surface area contributed by atoms with E-state index in [-0.39, 0.29) is 11.6 Å². The molecule has 2 rings (SSSR count). The summed E-state index contributed by atoms with van der Waals surface area (Å²) < 4.78 is 1.79. The fourth-order valence-corrected chi connectivity index (χ4v) is 1.68. The Morgan fingerprint density at radius 3 is 2.74 bits per heavy atom. The van der Waals surface area contributed by atoms with Gasteiger partial charge in [0.15, 0.2) is 5.82 Å². The van der Waals surface area contributed by atoms with Gasteiger partial charge in [-0.05, 0) is 32.0 Å². The van der Waals surface area contributed by atoms with Crippen LogP contribution in [0.25, 0.3) is 0 Å². The van der Waals surface area contributed by atoms with Crippen molar-refractivity contribution < 1.29 is 9.90 Å². The maximum atomic E-state index is 11.2. The molecule has 0 fully saturated rings. The molecule has 1 aromatic carbocycles. The number of nitrogen functional groups attached to an aromatic ring is 1. The van der Waals surface area contributed by atoms with Crippen molar-refractivity contribution in [2.75, 3.05) is 11.1 Å². The molecule has 0 atom stereocenters. The molecule has 19 heavy (non-hydrogen) atoms. The number of hydrogen-bond donors (Lipinski definition) is 3. The van der Waals surface area contributed by atoms with E-state index in [4.69, 9.17) is 10.8 Å². The first-order valence-corrected chi connectivity index (χ1v) is 5.92. The number of carbonyl (C=O) groups is 1. The van der Waals surface area contributed by atoms with E-state index >= 15 is 0 Å². The Balaban J connectivity index is 2.29. The molecule has 6 nitrogen and oxygen atoms in total. The molecule has 2 aromatic rings. The lowest BCUT2D eigenvalue weighted by Crippen LogP contribution is -2.05. The summed E-state index contributed by atoms with van der Waals surface area (Å²) in [7, 11) is 0. The lowest BCUT2D eigenvalue weighted by molar-refractivity contribution is 0.0698. The maximum absolute atomic E-state index is 11.2. The Morgan fingerprint density at radius 1 is 1.42 bits per heavy atom. The first-order chi connectivity index (χ1) is 8.97. The van der Waals surface area contributed by atoms with Gasteiger partial charge in [-0.15, -0.1) is 0 Å². The maximum Gasteiger partial charge on any atom is 0.337 e. The van der Waals surface area contributed by atoms with Crippen LogP contribution in [0.5, 0.6) is 0 Å². The molecule has 0 saturated heterocycles. The van der Waals surface area contributed by atoms with Gasteiger partial charge in [-0.3, -0.25) is 4.68 Å². The number of aromatic nitrogens is 2. The van der Waals surface area contributed by atoms with Crippen LogP contribution in [0.2, 0.25) is 0 Å². The number of carboxylic acid groups (broad SMARTS) is 1. The third kappa shape index (κ3) is 2.85. The molecule has 6 heteroatoms. The second-order valence-corrected chi connectivity index (χ2v) is 4.51. The molecule has 0 spiro atoms. The highest BCUT2D eigenvalue weighted by atomic mass is 16.4. The van der Waals surface area contributed by atoms with Crippen molar-refractivity contribution in [3.63, 3.8) is 0 Å². The normalized spacial score (nSPS) is 10.7. The second kappa shape index (κ2) is 5.01. The summed E-state index contributed by atoms with van der Waals surface area (Å²) in [5, 5.41) is 16.4. The molecule has 0 aliphatic carbocycles. The number of rotatable bonds is 4. The third-order valence-corrected chi connectivity index (χ3v) is 2.67. The van der Waals surface area contributed by atoms with Gasteiger partial charge in [0.05, 0.1) is 11.3 Å². The Labute approximate surface area is 110 Å². The van der Waals surface area contributed by atoms with Crippen LogP contribution in [-0.2, 0) is 0 Å². The summed E-state index contributed by atoms with van der Waals surface area (Å²) in [6.07, 6.45) is 1.84. The van der Waals surface area contributed by atoms with Gasteiger partial charge < -0.3 is 16.2 Å². The number of aromatic carboxylic acids is 1. The zero-order valence-electron chi connectivity index (χ0n) is 10.8. The number of carboxylic acids is 1. The van der Waals surface area contributed by atoms with E-state index in [1.165, 1.54) is 6.07 Å². The van der Waals surface area contributed by atoms with Crippen LogP contribution in [-0.4, -0.2) is 20.9 Å². The summed E-state index contributed by atoms with van der Waals surface area (Å²) in [6, 6.07) is 6.74. The van der Waals surface area contributed by atoms with Crippen LogP contribution in [0.15, 0.2) is 30.5 Å². The van der Waals surface area contributed by atoms with Crippen molar-refractivity contribution >= 4 is 23.2 Å². The van der Waals surface area contributed by atoms with Gasteiger partial charge in [0, 0.05) is 24.0 Å². The zero-order chi connectivity index (χ0) is 14.0. The first kappa shape index (κ1) is 12.9. The van der Waals surface area contributed by atoms with Gasteiger partial charge in [0.25, 0.3) is 0 Å². The molecular weight excluding hydrogens is 244 g/mol. The second-order valence-electron chi connectivity index (χ2n) is 4.51. The Morgan fingerprint density at radius 2 is 2.16 bits per heavy atom. The third-order valence-electron chi connectivity index (χ3n) is 2.67. The molecule has 1 aromatic heterocycles. The van der Waals surface area contributed by atoms with Crippen molar-refractivity contribution in [3.8, 4) is 0 Å². The molecule has 0 amide bonds. The predicted molar refractivity (Wildman–Crippen MR) is 73.7 cm³/mol. The van der Waals surface area contributed by atoms with Gasteiger partial charge >= 0.3 is 5.97 Å². The van der Waals surface area contributed by atoms with Crippen LogP contribution in [0.3, 0.4) is 0 Å². The van der Waals surface area contributed by atoms with E-state index in [9.17, 15) is 4.79 Å². The molecule has 0 radical (unpaired) electrons. The summed E-state index contributed by atoms with van der Waals surface area (Å²) in [4.78, 5) is 11.2. The van der Waals surface area contributed by atoms with Crippen LogP contribution in [0.1, 0.15) is 30.2 Å². The summed E-state index contributed by atoms with van der Waals surface area (Å²) in [5.74, 6) is -0.431. The van der Waals surface area contributed by atoms with Crippen molar-refractivity contribution in [1.29, 1.82) is 0 Å². The SMILES string of the molecule is CC(C)n1ccc(Nc2ccc(N)cc2C(=O)O)n1. The average molecular weight is 260 g/mol. The number of nitrogens with two attached hydrogens (primary N) is 1. The van der Waals surface area contributed by atoms with Gasteiger partial charge in [0.1, 0.15) is 0 Å². The van der Waals surface area contributed by atoms with Crippen LogP contribution in [0.4, 0.5) is 17.2 Å². The largest absolute Gasteiger partial charge is 0.478 e. The van der Waals surface area contributed by atoms with Crippen LogP contribution in [0, 0.1) is 0 Å². The Hall–Kier alpha value is -2.50. The Kier molecular flexibility index (Phi) is 3.41. The molecule has 0 saturated carbocycles. The van der Waals surface area contributed by atoms with Crippen LogP contribution < -0.4 is 11.1 Å². The number of nitrogens with zero attached hydrogens (tertiary/aromatic N) is 2. The summed E-state index contributed by atoms with van der Waals surface area (Å²) in [5.41, 5.74) is 6.60. The van der Waals surface area contributed by atoms with E-state index in [1.807, 2.05) is 20.0 Å². The van der Waals surface area contributed by atoms with Crippen LogP contribution >= 0.6 is 0 Å². The van der Waals surface area contributed by atoms with Gasteiger partial charge in [0.2, 0.25) is 0 Å². The first-order valence-electron chi connectivity index (χ1n) is 5.92. The average Bonchev–Trinajstić information content (AvgIpc) is 2.80. The minimum atomic E-state index is -1.03. The fourth-order valence-electron chi connectivity index (χ4n) is 1.68. The molecule has 0 unspecified atom stereocenters. The quantitative estimate of drug-likeness (QED) is 0.734. The standard InChI is InChI=1S/C13H16N4O2/c1-8(2)17-6-5-12(16-17)15-11-4-3-9(14)7-10(11)13(18)19/h3-8H,14H2,1-2H3,(H,15,16)(H,18,19). The molecule has 1 heterocycles. The van der Waals surface area contributed by atoms with E-state index in [1.54, 1.807) is 22.9 Å². The number of anilines is 3. The lowest BCUT2D eigenvalue weighted by atomic mass is 10.1.